The van der Waals surface area contributed by atoms with E-state index in [1.165, 1.54) is 21.5 Å². The maximum atomic E-state index is 5.99. The second-order valence-corrected chi connectivity index (χ2v) is 17.9. The molecule has 0 spiro atoms. The molecule has 1 fully saturated rings. The van der Waals surface area contributed by atoms with E-state index in [2.05, 4.69) is 198 Å². The van der Waals surface area contributed by atoms with Crippen LogP contribution in [0.25, 0.3) is 34.5 Å². The van der Waals surface area contributed by atoms with E-state index in [1.54, 1.807) is 17.9 Å². The molecule has 0 unspecified atom stereocenters. The van der Waals surface area contributed by atoms with Gasteiger partial charge in [0.1, 0.15) is 0 Å². The normalized spacial score (nSPS) is 14.5. The number of nitrogens with zero attached hydrogens (tertiary/aromatic N) is 3. The number of ether oxygens (including phenoxy) is 1. The van der Waals surface area contributed by atoms with Crippen LogP contribution in [0.2, 0.25) is 0 Å². The topological polar surface area (TPSA) is 39.9 Å². The first kappa shape index (κ1) is 39.6. The van der Waals surface area contributed by atoms with Gasteiger partial charge in [-0.15, -0.1) is 0 Å². The number of hydrogen-bond acceptors (Lipinski definition) is 3. The molecule has 1 aliphatic heterocycles. The monoisotopic (exact) mass is 959 g/mol. The van der Waals surface area contributed by atoms with Crippen molar-refractivity contribution in [2.45, 2.75) is 13.8 Å². The fourth-order valence-corrected chi connectivity index (χ4v) is 13.3. The molecular formula is C53H42N3OOsP+. The Balaban J connectivity index is 1.28. The Labute approximate surface area is 357 Å². The van der Waals surface area contributed by atoms with E-state index in [-0.39, 0.29) is 0 Å². The van der Waals surface area contributed by atoms with Gasteiger partial charge in [0.05, 0.1) is 0 Å². The number of rotatable bonds is 9. The van der Waals surface area contributed by atoms with Crippen LogP contribution in [0.1, 0.15) is 25.0 Å². The maximum absolute atomic E-state index is 5.99. The van der Waals surface area contributed by atoms with Gasteiger partial charge >= 0.3 is 275 Å². The molecule has 4 nitrogen and oxygen atoms in total. The Hall–Kier alpha value is -6.21. The van der Waals surface area contributed by atoms with Crippen molar-refractivity contribution >= 4 is 29.3 Å². The molecule has 6 aromatic carbocycles. The molecule has 7 aromatic rings. The Bertz CT molecular complexity index is 2690. The first-order chi connectivity index (χ1) is 29.1. The van der Waals surface area contributed by atoms with Crippen LogP contribution in [0.5, 0.6) is 0 Å². The summed E-state index contributed by atoms with van der Waals surface area (Å²) in [5, 5.41) is 14.3. The third-order valence-corrected chi connectivity index (χ3v) is 15.8. The standard InChI is InChI=1S/C53H42N3OP.Os/c1-4-18-41-27-32-44(33-28-41)52-54-55-53(56(52)48-19-10-6-11-20-48)45-34-29-42(30-35-45)31-36-46(37-47-39-57-38-43(47)5-2)40(3)58(49-21-12-7-13-22-49,50-23-14-8-15-24-50)51-25-16-9-17-26-51;/h4-30,32-35,37H,38-39H2,1-2H3;/q+1;/b18-4+,43-5?,46-40?,47-37?;. The first-order valence-corrected chi connectivity index (χ1v) is 22.7. The minimum absolute atomic E-state index is 0.538. The molecule has 0 atom stereocenters. The van der Waals surface area contributed by atoms with Crippen molar-refractivity contribution < 1.29 is 22.7 Å². The third kappa shape index (κ3) is 8.24. The van der Waals surface area contributed by atoms with E-state index < -0.39 is 7.26 Å². The van der Waals surface area contributed by atoms with Crippen LogP contribution < -0.4 is 15.9 Å². The predicted molar refractivity (Wildman–Crippen MR) is 243 cm³/mol. The molecule has 0 amide bonds. The van der Waals surface area contributed by atoms with Crippen molar-refractivity contribution in [3.05, 3.63) is 221 Å². The zero-order valence-corrected chi connectivity index (χ0v) is 36.4. The van der Waals surface area contributed by atoms with Crippen LogP contribution in [0.15, 0.2) is 210 Å². The summed E-state index contributed by atoms with van der Waals surface area (Å²) in [6, 6.07) is 59.7. The summed E-state index contributed by atoms with van der Waals surface area (Å²) < 4.78 is 11.9. The van der Waals surface area contributed by atoms with Gasteiger partial charge in [-0.3, -0.25) is 0 Å². The van der Waals surface area contributed by atoms with E-state index in [4.69, 9.17) is 14.9 Å². The molecule has 0 N–H and O–H groups in total. The van der Waals surface area contributed by atoms with E-state index in [0.29, 0.717) is 13.2 Å². The first-order valence-electron chi connectivity index (χ1n) is 19.6. The number of aromatic nitrogens is 3. The average Bonchev–Trinajstić information content (AvgIpc) is 3.96. The summed E-state index contributed by atoms with van der Waals surface area (Å²) in [5.74, 6) is 8.84. The van der Waals surface area contributed by atoms with Crippen LogP contribution >= 0.6 is 7.26 Å². The quantitative estimate of drug-likeness (QED) is 0.107. The van der Waals surface area contributed by atoms with Crippen molar-refractivity contribution in [1.82, 2.24) is 14.8 Å². The Morgan fingerprint density at radius 3 is 1.61 bits per heavy atom. The Morgan fingerprint density at radius 1 is 0.627 bits per heavy atom. The van der Waals surface area contributed by atoms with Crippen molar-refractivity contribution in [2.24, 2.45) is 0 Å². The average molecular weight is 958 g/mol. The number of allylic oxidation sites excluding steroid dienone is 5. The van der Waals surface area contributed by atoms with Gasteiger partial charge in [-0.1, -0.05) is 54.6 Å². The van der Waals surface area contributed by atoms with Crippen LogP contribution in [-0.4, -0.2) is 28.0 Å². The van der Waals surface area contributed by atoms with Crippen LogP contribution in [0.4, 0.5) is 0 Å². The van der Waals surface area contributed by atoms with Crippen LogP contribution in [0, 0.1) is 16.2 Å². The third-order valence-electron chi connectivity index (χ3n) is 10.4. The van der Waals surface area contributed by atoms with E-state index in [1.807, 2.05) is 31.2 Å². The van der Waals surface area contributed by atoms with Crippen molar-refractivity contribution in [3.63, 3.8) is 0 Å². The molecular weight excluding hydrogens is 916 g/mol. The van der Waals surface area contributed by atoms with Gasteiger partial charge in [0, 0.05) is 5.56 Å². The number of hydrogen-bond donors (Lipinski definition) is 0. The molecule has 2 heterocycles. The van der Waals surface area contributed by atoms with Crippen molar-refractivity contribution in [1.29, 1.82) is 0 Å². The minimum atomic E-state index is -2.49. The van der Waals surface area contributed by atoms with Crippen molar-refractivity contribution in [2.75, 3.05) is 13.2 Å². The Morgan fingerprint density at radius 2 is 1.12 bits per heavy atom. The zero-order valence-electron chi connectivity index (χ0n) is 32.9. The van der Waals surface area contributed by atoms with Gasteiger partial charge in [0.2, 0.25) is 0 Å². The van der Waals surface area contributed by atoms with Gasteiger partial charge in [-0.2, -0.15) is 0 Å². The molecule has 287 valence electrons. The van der Waals surface area contributed by atoms with Crippen molar-refractivity contribution in [3.8, 4) is 44.7 Å². The molecule has 8 rings (SSSR count). The SMILES string of the molecule is CC=C1COCC1=CC(C#Cc1ccc(-c2nnc(-c3ccc(/C=C/C)cc3)n2-c2ccccc2)cc1)=C([C]#[Os])[P+](c1ccccc1)(c1ccccc1)c1ccccc1. The van der Waals surface area contributed by atoms with Crippen LogP contribution in [0.3, 0.4) is 0 Å². The van der Waals surface area contributed by atoms with E-state index in [9.17, 15) is 0 Å². The molecule has 59 heavy (non-hydrogen) atoms. The zero-order chi connectivity index (χ0) is 40.4. The molecule has 0 bridgehead atoms. The molecule has 6 heteroatoms. The summed E-state index contributed by atoms with van der Waals surface area (Å²) in [7, 11) is -2.49. The Kier molecular flexibility index (Phi) is 12.5. The van der Waals surface area contributed by atoms with Gasteiger partial charge in [-0.05, 0) is 24.6 Å². The summed E-state index contributed by atoms with van der Waals surface area (Å²) >= 11 is 1.77. The second kappa shape index (κ2) is 18.6. The molecule has 1 aromatic heterocycles. The molecule has 1 saturated heterocycles. The van der Waals surface area contributed by atoms with Crippen LogP contribution in [-0.2, 0) is 22.7 Å². The van der Waals surface area contributed by atoms with Gasteiger partial charge in [-0.25, -0.2) is 0 Å². The summed E-state index contributed by atoms with van der Waals surface area (Å²) in [6.07, 6.45) is 8.53. The van der Waals surface area contributed by atoms with E-state index >= 15 is 0 Å². The molecule has 0 radical (unpaired) electrons. The van der Waals surface area contributed by atoms with Gasteiger partial charge < -0.3 is 0 Å². The second-order valence-electron chi connectivity index (χ2n) is 14.0. The molecule has 1 aliphatic rings. The molecule has 0 saturated carbocycles. The van der Waals surface area contributed by atoms with Gasteiger partial charge in [0.25, 0.3) is 0 Å². The fourth-order valence-electron chi connectivity index (χ4n) is 7.53. The summed E-state index contributed by atoms with van der Waals surface area (Å²) in [4.78, 5) is 0. The predicted octanol–water partition coefficient (Wildman–Crippen LogP) is 10.6. The molecule has 0 aliphatic carbocycles. The fraction of sp³-hybridized carbons (Fsp3) is 0.0755. The van der Waals surface area contributed by atoms with E-state index in [0.717, 1.165) is 56.1 Å². The number of benzene rings is 6. The summed E-state index contributed by atoms with van der Waals surface area (Å²) in [5.41, 5.74) is 8.22. The summed E-state index contributed by atoms with van der Waals surface area (Å²) in [6.45, 7) is 5.23. The van der Waals surface area contributed by atoms with Gasteiger partial charge in [0.15, 0.2) is 0 Å². The number of para-hydroxylation sites is 1.